The van der Waals surface area contributed by atoms with Crippen LogP contribution in [0.5, 0.6) is 11.5 Å². The molecule has 0 saturated heterocycles. The van der Waals surface area contributed by atoms with Gasteiger partial charge in [0.25, 0.3) is 0 Å². The molecule has 0 aliphatic heterocycles. The van der Waals surface area contributed by atoms with Gasteiger partial charge in [-0.05, 0) is 88.2 Å². The van der Waals surface area contributed by atoms with Gasteiger partial charge in [-0.1, -0.05) is 69.0 Å². The number of hydrogen-bond acceptors (Lipinski definition) is 3. The zero-order valence-corrected chi connectivity index (χ0v) is 19.2. The second kappa shape index (κ2) is 9.66. The number of anilines is 2. The summed E-state index contributed by atoms with van der Waals surface area (Å²) >= 11 is 0. The minimum atomic E-state index is 0.363. The molecular formula is C30H30N2O. The molecule has 3 nitrogen and oxygen atoms in total. The van der Waals surface area contributed by atoms with Crippen molar-refractivity contribution in [2.24, 2.45) is 0 Å². The maximum Gasteiger partial charge on any atom is 0.127 e. The highest BCUT2D eigenvalue weighted by Gasteiger charge is 2.17. The summed E-state index contributed by atoms with van der Waals surface area (Å²) in [6, 6.07) is 32.3. The van der Waals surface area contributed by atoms with Gasteiger partial charge >= 0.3 is 0 Å². The maximum absolute atomic E-state index is 5.92. The van der Waals surface area contributed by atoms with Crippen molar-refractivity contribution < 1.29 is 4.74 Å². The van der Waals surface area contributed by atoms with Gasteiger partial charge in [0.1, 0.15) is 11.5 Å². The fraction of sp³-hybridized carbons (Fsp3) is 0.133. The molecule has 166 valence electrons. The fourth-order valence-corrected chi connectivity index (χ4v) is 3.93. The molecule has 0 fully saturated rings. The van der Waals surface area contributed by atoms with E-state index >= 15 is 0 Å². The molecule has 0 radical (unpaired) electrons. The Morgan fingerprint density at radius 2 is 0.909 bits per heavy atom. The predicted molar refractivity (Wildman–Crippen MR) is 140 cm³/mol. The van der Waals surface area contributed by atoms with Crippen LogP contribution < -0.4 is 16.2 Å². The highest BCUT2D eigenvalue weighted by Crippen LogP contribution is 2.34. The first-order valence-electron chi connectivity index (χ1n) is 11.2. The van der Waals surface area contributed by atoms with Crippen LogP contribution in [-0.4, -0.2) is 0 Å². The van der Waals surface area contributed by atoms with Crippen molar-refractivity contribution in [3.8, 4) is 11.5 Å². The van der Waals surface area contributed by atoms with E-state index in [0.717, 1.165) is 39.6 Å². The molecule has 4 rings (SSSR count). The van der Waals surface area contributed by atoms with Gasteiger partial charge in [-0.25, -0.2) is 0 Å². The Kier molecular flexibility index (Phi) is 6.50. The lowest BCUT2D eigenvalue weighted by Gasteiger charge is -2.21. The number of hydrogen-bond donors (Lipinski definition) is 2. The lowest BCUT2D eigenvalue weighted by atomic mass is 9.83. The number of nitrogen functional groups attached to an aromatic ring is 2. The molecule has 0 heterocycles. The smallest absolute Gasteiger partial charge is 0.127 e. The van der Waals surface area contributed by atoms with Crippen LogP contribution in [0.1, 0.15) is 47.9 Å². The molecule has 2 unspecified atom stereocenters. The van der Waals surface area contributed by atoms with Crippen LogP contribution in [-0.2, 0) is 0 Å². The molecular weight excluding hydrogens is 404 g/mol. The third-order valence-corrected chi connectivity index (χ3v) is 6.32. The zero-order chi connectivity index (χ0) is 23.4. The number of benzene rings is 4. The lowest BCUT2D eigenvalue weighted by molar-refractivity contribution is 0.482. The molecule has 4 aromatic rings. The van der Waals surface area contributed by atoms with Crippen LogP contribution in [0.15, 0.2) is 104 Å². The van der Waals surface area contributed by atoms with Gasteiger partial charge in [0, 0.05) is 11.4 Å². The SMILES string of the molecule is C=C(c1ccc(N)cc1)c1ccc(C(C)C(C)c2ccc(Oc3ccc(N)cc3)cc2)cc1. The van der Waals surface area contributed by atoms with Gasteiger partial charge < -0.3 is 16.2 Å². The van der Waals surface area contributed by atoms with E-state index in [1.54, 1.807) is 0 Å². The third-order valence-electron chi connectivity index (χ3n) is 6.32. The number of nitrogens with two attached hydrogens (primary N) is 2. The van der Waals surface area contributed by atoms with Gasteiger partial charge in [-0.15, -0.1) is 0 Å². The van der Waals surface area contributed by atoms with Crippen molar-refractivity contribution in [1.82, 2.24) is 0 Å². The van der Waals surface area contributed by atoms with Crippen LogP contribution in [0, 0.1) is 0 Å². The van der Waals surface area contributed by atoms with Crippen molar-refractivity contribution >= 4 is 16.9 Å². The Morgan fingerprint density at radius 3 is 1.36 bits per heavy atom. The van der Waals surface area contributed by atoms with E-state index in [1.807, 2.05) is 60.7 Å². The molecule has 0 saturated carbocycles. The molecule has 0 spiro atoms. The van der Waals surface area contributed by atoms with E-state index in [1.165, 1.54) is 11.1 Å². The van der Waals surface area contributed by atoms with Gasteiger partial charge in [-0.2, -0.15) is 0 Å². The van der Waals surface area contributed by atoms with E-state index in [9.17, 15) is 0 Å². The normalized spacial score (nSPS) is 12.7. The zero-order valence-electron chi connectivity index (χ0n) is 19.2. The minimum absolute atomic E-state index is 0.363. The summed E-state index contributed by atoms with van der Waals surface area (Å²) < 4.78 is 5.92. The van der Waals surface area contributed by atoms with Crippen molar-refractivity contribution in [2.75, 3.05) is 11.5 Å². The summed E-state index contributed by atoms with van der Waals surface area (Å²) in [5, 5.41) is 0. The summed E-state index contributed by atoms with van der Waals surface area (Å²) in [4.78, 5) is 0. The topological polar surface area (TPSA) is 61.3 Å². The van der Waals surface area contributed by atoms with Crippen molar-refractivity contribution in [3.63, 3.8) is 0 Å². The Balaban J connectivity index is 1.42. The Morgan fingerprint density at radius 1 is 0.576 bits per heavy atom. The average molecular weight is 435 g/mol. The molecule has 2 atom stereocenters. The van der Waals surface area contributed by atoms with Crippen LogP contribution in [0.2, 0.25) is 0 Å². The second-order valence-corrected chi connectivity index (χ2v) is 8.54. The molecule has 0 amide bonds. The first-order valence-corrected chi connectivity index (χ1v) is 11.2. The largest absolute Gasteiger partial charge is 0.457 e. The summed E-state index contributed by atoms with van der Waals surface area (Å²) in [6.45, 7) is 8.80. The summed E-state index contributed by atoms with van der Waals surface area (Å²) in [5.41, 5.74) is 18.8. The molecule has 4 N–H and O–H groups in total. The molecule has 0 aliphatic carbocycles. The van der Waals surface area contributed by atoms with Crippen molar-refractivity contribution in [1.29, 1.82) is 0 Å². The quantitative estimate of drug-likeness (QED) is 0.294. The first kappa shape index (κ1) is 22.2. The van der Waals surface area contributed by atoms with Gasteiger partial charge in [-0.3, -0.25) is 0 Å². The maximum atomic E-state index is 5.92. The van der Waals surface area contributed by atoms with E-state index in [-0.39, 0.29) is 0 Å². The summed E-state index contributed by atoms with van der Waals surface area (Å²) in [6.07, 6.45) is 0. The van der Waals surface area contributed by atoms with Gasteiger partial charge in [0.05, 0.1) is 0 Å². The van der Waals surface area contributed by atoms with Crippen LogP contribution in [0.4, 0.5) is 11.4 Å². The Bertz CT molecular complexity index is 1210. The molecule has 0 aliphatic rings. The molecule has 0 aromatic heterocycles. The van der Waals surface area contributed by atoms with E-state index in [4.69, 9.17) is 16.2 Å². The summed E-state index contributed by atoms with van der Waals surface area (Å²) in [7, 11) is 0. The predicted octanol–water partition coefficient (Wildman–Crippen LogP) is 7.61. The molecule has 4 aromatic carbocycles. The number of rotatable bonds is 7. The Hall–Kier alpha value is -3.98. The average Bonchev–Trinajstić information content (AvgIpc) is 2.85. The van der Waals surface area contributed by atoms with Crippen LogP contribution in [0.25, 0.3) is 5.57 Å². The van der Waals surface area contributed by atoms with Crippen LogP contribution >= 0.6 is 0 Å². The standard InChI is InChI=1S/C30H30N2O/c1-20(23-4-6-25(7-5-23)22(3)26-8-12-27(31)13-9-26)21(2)24-10-16-29(17-11-24)33-30-18-14-28(32)15-19-30/h4-21H,3,31-32H2,1-2H3. The van der Waals surface area contributed by atoms with E-state index < -0.39 is 0 Å². The lowest BCUT2D eigenvalue weighted by Crippen LogP contribution is -2.05. The first-order chi connectivity index (χ1) is 15.9. The third kappa shape index (κ3) is 5.27. The molecule has 3 heteroatoms. The Labute approximate surface area is 196 Å². The van der Waals surface area contributed by atoms with Crippen LogP contribution in [0.3, 0.4) is 0 Å². The highest BCUT2D eigenvalue weighted by atomic mass is 16.5. The van der Waals surface area contributed by atoms with Gasteiger partial charge in [0.15, 0.2) is 0 Å². The molecule has 33 heavy (non-hydrogen) atoms. The van der Waals surface area contributed by atoms with E-state index in [0.29, 0.717) is 11.8 Å². The molecule has 0 bridgehead atoms. The monoisotopic (exact) mass is 434 g/mol. The van der Waals surface area contributed by atoms with Gasteiger partial charge in [0.2, 0.25) is 0 Å². The van der Waals surface area contributed by atoms with Crippen molar-refractivity contribution in [2.45, 2.75) is 25.7 Å². The highest BCUT2D eigenvalue weighted by molar-refractivity contribution is 5.78. The summed E-state index contributed by atoms with van der Waals surface area (Å²) in [5.74, 6) is 2.32. The van der Waals surface area contributed by atoms with E-state index in [2.05, 4.69) is 56.8 Å². The number of ether oxygens (including phenoxy) is 1. The van der Waals surface area contributed by atoms with Crippen molar-refractivity contribution in [3.05, 3.63) is 126 Å². The second-order valence-electron chi connectivity index (χ2n) is 8.54. The minimum Gasteiger partial charge on any atom is -0.457 e. The fourth-order valence-electron chi connectivity index (χ4n) is 3.93.